The second-order valence-electron chi connectivity index (χ2n) is 8.47. The molecule has 2 aromatic carbocycles. The van der Waals surface area contributed by atoms with Crippen LogP contribution in [0.4, 0.5) is 0 Å². The van der Waals surface area contributed by atoms with Crippen molar-refractivity contribution in [1.29, 1.82) is 0 Å². The molecule has 27 heavy (non-hydrogen) atoms. The van der Waals surface area contributed by atoms with Gasteiger partial charge >= 0.3 is 0 Å². The summed E-state index contributed by atoms with van der Waals surface area (Å²) in [5.74, 6) is 1.66. The largest absolute Gasteiger partial charge is 0.0955 e. The predicted octanol–water partition coefficient (Wildman–Crippen LogP) is 8.57. The molecule has 0 aliphatic heterocycles. The van der Waals surface area contributed by atoms with Crippen LogP contribution in [0, 0.1) is 18.8 Å². The molecule has 0 spiro atoms. The molecule has 0 aliphatic carbocycles. The second-order valence-corrected chi connectivity index (χ2v) is 9.62. The molecule has 0 nitrogen and oxygen atoms in total. The number of hydrogen-bond donors (Lipinski definition) is 0. The van der Waals surface area contributed by atoms with E-state index in [2.05, 4.69) is 83.7 Å². The van der Waals surface area contributed by atoms with Crippen molar-refractivity contribution in [3.05, 3.63) is 65.7 Å². The summed E-state index contributed by atoms with van der Waals surface area (Å²) in [6.45, 7) is 15.3. The molecule has 1 heteroatoms. The zero-order valence-corrected chi connectivity index (χ0v) is 18.7. The zero-order valence-electron chi connectivity index (χ0n) is 17.8. The van der Waals surface area contributed by atoms with Crippen molar-refractivity contribution in [3.8, 4) is 0 Å². The fraction of sp³-hybridized carbons (Fsp3) is 0.462. The maximum absolute atomic E-state index is 4.06. The van der Waals surface area contributed by atoms with Crippen LogP contribution in [0.1, 0.15) is 70.1 Å². The first kappa shape index (κ1) is 21.8. The van der Waals surface area contributed by atoms with E-state index in [4.69, 9.17) is 0 Å². The minimum atomic E-state index is 0.826. The lowest BCUT2D eigenvalue weighted by atomic mass is 9.94. The minimum Gasteiger partial charge on any atom is -0.0955 e. The molecule has 146 valence electrons. The highest BCUT2D eigenvalue weighted by atomic mass is 32.2. The predicted molar refractivity (Wildman–Crippen MR) is 123 cm³/mol. The number of allylic oxidation sites excluding steroid dienone is 1. The van der Waals surface area contributed by atoms with Gasteiger partial charge in [0, 0.05) is 9.79 Å². The second kappa shape index (κ2) is 10.8. The Labute approximate surface area is 171 Å². The van der Waals surface area contributed by atoms with E-state index < -0.39 is 0 Å². The Morgan fingerprint density at radius 2 is 1.59 bits per heavy atom. The van der Waals surface area contributed by atoms with Crippen LogP contribution in [0.3, 0.4) is 0 Å². The van der Waals surface area contributed by atoms with Gasteiger partial charge in [0.15, 0.2) is 0 Å². The van der Waals surface area contributed by atoms with Gasteiger partial charge in [-0.25, -0.2) is 0 Å². The van der Waals surface area contributed by atoms with Crippen molar-refractivity contribution in [3.63, 3.8) is 0 Å². The van der Waals surface area contributed by atoms with Crippen LogP contribution in [0.25, 0.3) is 5.57 Å². The van der Waals surface area contributed by atoms with Gasteiger partial charge in [-0.05, 0) is 79.5 Å². The summed E-state index contributed by atoms with van der Waals surface area (Å²) in [6.07, 6.45) is 6.60. The first-order valence-electron chi connectivity index (χ1n) is 10.4. The van der Waals surface area contributed by atoms with E-state index in [1.54, 1.807) is 0 Å². The molecular formula is C26H36S. The number of aryl methyl sites for hydroxylation is 2. The van der Waals surface area contributed by atoms with Crippen LogP contribution in [-0.2, 0) is 6.42 Å². The van der Waals surface area contributed by atoms with E-state index in [1.165, 1.54) is 58.6 Å². The van der Waals surface area contributed by atoms with Crippen molar-refractivity contribution >= 4 is 17.3 Å². The molecule has 1 atom stereocenters. The first-order valence-corrected chi connectivity index (χ1v) is 11.2. The molecule has 0 saturated heterocycles. The molecule has 0 bridgehead atoms. The number of hydrogen-bond acceptors (Lipinski definition) is 1. The van der Waals surface area contributed by atoms with Gasteiger partial charge in [0.05, 0.1) is 0 Å². The van der Waals surface area contributed by atoms with Crippen molar-refractivity contribution in [2.24, 2.45) is 11.8 Å². The van der Waals surface area contributed by atoms with E-state index in [0.29, 0.717) is 0 Å². The Morgan fingerprint density at radius 1 is 0.926 bits per heavy atom. The lowest BCUT2D eigenvalue weighted by Crippen LogP contribution is -1.99. The standard InChI is InChI=1S/C26H36S/c1-19(2)8-7-9-21(5)10-11-23-12-14-24(15-13-23)27-25-16-17-26(20(3)4)22(6)18-25/h12-19,21H,3,7-11H2,1-2,4-6H3. The van der Waals surface area contributed by atoms with Crippen LogP contribution >= 0.6 is 11.8 Å². The minimum absolute atomic E-state index is 0.826. The van der Waals surface area contributed by atoms with E-state index in [1.807, 2.05) is 11.8 Å². The lowest BCUT2D eigenvalue weighted by Gasteiger charge is -2.12. The lowest BCUT2D eigenvalue weighted by molar-refractivity contribution is 0.437. The Morgan fingerprint density at radius 3 is 2.19 bits per heavy atom. The van der Waals surface area contributed by atoms with Gasteiger partial charge in [0.25, 0.3) is 0 Å². The maximum Gasteiger partial charge on any atom is 0.0125 e. The van der Waals surface area contributed by atoms with Gasteiger partial charge in [-0.1, -0.05) is 82.1 Å². The van der Waals surface area contributed by atoms with Gasteiger partial charge in [-0.2, -0.15) is 0 Å². The SMILES string of the molecule is C=C(C)c1ccc(Sc2ccc(CCC(C)CCCC(C)C)cc2)cc1C. The molecule has 0 amide bonds. The molecule has 0 aromatic heterocycles. The molecule has 0 radical (unpaired) electrons. The topological polar surface area (TPSA) is 0 Å². The van der Waals surface area contributed by atoms with Gasteiger partial charge in [0.1, 0.15) is 0 Å². The van der Waals surface area contributed by atoms with E-state index in [-0.39, 0.29) is 0 Å². The first-order chi connectivity index (χ1) is 12.8. The third kappa shape index (κ3) is 7.58. The molecule has 1 unspecified atom stereocenters. The highest BCUT2D eigenvalue weighted by Gasteiger charge is 2.06. The molecule has 2 rings (SSSR count). The third-order valence-corrected chi connectivity index (χ3v) is 6.22. The average Bonchev–Trinajstić information content (AvgIpc) is 2.60. The van der Waals surface area contributed by atoms with E-state index in [0.717, 1.165) is 17.4 Å². The summed E-state index contributed by atoms with van der Waals surface area (Å²) in [5.41, 5.74) is 5.16. The summed E-state index contributed by atoms with van der Waals surface area (Å²) in [4.78, 5) is 2.61. The van der Waals surface area contributed by atoms with Crippen molar-refractivity contribution in [2.45, 2.75) is 76.5 Å². The molecular weight excluding hydrogens is 344 g/mol. The normalized spacial score (nSPS) is 12.4. The molecule has 0 aliphatic rings. The van der Waals surface area contributed by atoms with Gasteiger partial charge in [-0.15, -0.1) is 0 Å². The van der Waals surface area contributed by atoms with Gasteiger partial charge in [-0.3, -0.25) is 0 Å². The van der Waals surface area contributed by atoms with E-state index >= 15 is 0 Å². The van der Waals surface area contributed by atoms with Crippen LogP contribution in [0.15, 0.2) is 58.8 Å². The quantitative estimate of drug-likeness (QED) is 0.397. The zero-order chi connectivity index (χ0) is 19.8. The highest BCUT2D eigenvalue weighted by Crippen LogP contribution is 2.31. The van der Waals surface area contributed by atoms with Gasteiger partial charge < -0.3 is 0 Å². The molecule has 0 fully saturated rings. The summed E-state index contributed by atoms with van der Waals surface area (Å²) in [6, 6.07) is 15.8. The number of rotatable bonds is 10. The Balaban J connectivity index is 1.84. The Bertz CT molecular complexity index is 724. The summed E-state index contributed by atoms with van der Waals surface area (Å²) >= 11 is 1.84. The Kier molecular flexibility index (Phi) is 8.70. The summed E-state index contributed by atoms with van der Waals surface area (Å²) in [7, 11) is 0. The maximum atomic E-state index is 4.06. The molecule has 0 saturated carbocycles. The van der Waals surface area contributed by atoms with Crippen LogP contribution in [0.5, 0.6) is 0 Å². The molecule has 2 aromatic rings. The average molecular weight is 381 g/mol. The van der Waals surface area contributed by atoms with Crippen molar-refractivity contribution < 1.29 is 0 Å². The smallest absolute Gasteiger partial charge is 0.0125 e. The van der Waals surface area contributed by atoms with E-state index in [9.17, 15) is 0 Å². The fourth-order valence-electron chi connectivity index (χ4n) is 3.47. The number of benzene rings is 2. The fourth-order valence-corrected chi connectivity index (χ4v) is 4.39. The Hall–Kier alpha value is -1.47. The summed E-state index contributed by atoms with van der Waals surface area (Å²) in [5, 5.41) is 0. The van der Waals surface area contributed by atoms with Gasteiger partial charge in [0.2, 0.25) is 0 Å². The van der Waals surface area contributed by atoms with Crippen LogP contribution in [-0.4, -0.2) is 0 Å². The van der Waals surface area contributed by atoms with Crippen molar-refractivity contribution in [1.82, 2.24) is 0 Å². The molecule has 0 heterocycles. The highest BCUT2D eigenvalue weighted by molar-refractivity contribution is 7.99. The molecule has 0 N–H and O–H groups in total. The van der Waals surface area contributed by atoms with Crippen LogP contribution in [0.2, 0.25) is 0 Å². The monoisotopic (exact) mass is 380 g/mol. The van der Waals surface area contributed by atoms with Crippen molar-refractivity contribution in [2.75, 3.05) is 0 Å². The summed E-state index contributed by atoms with van der Waals surface area (Å²) < 4.78 is 0. The van der Waals surface area contributed by atoms with Crippen LogP contribution < -0.4 is 0 Å². The third-order valence-electron chi connectivity index (χ3n) is 5.22.